The Labute approximate surface area is 139 Å². The van der Waals surface area contributed by atoms with Crippen molar-refractivity contribution in [3.05, 3.63) is 42.5 Å². The molecule has 23 heavy (non-hydrogen) atoms. The summed E-state index contributed by atoms with van der Waals surface area (Å²) in [6.07, 6.45) is 2.08. The fourth-order valence-electron chi connectivity index (χ4n) is 2.64. The van der Waals surface area contributed by atoms with Crippen molar-refractivity contribution in [3.8, 4) is 0 Å². The summed E-state index contributed by atoms with van der Waals surface area (Å²) in [4.78, 5) is 26.4. The van der Waals surface area contributed by atoms with Crippen LogP contribution in [0.4, 0.5) is 0 Å². The molecule has 0 spiro atoms. The summed E-state index contributed by atoms with van der Waals surface area (Å²) in [5.74, 6) is -0.228. The maximum absolute atomic E-state index is 11.8. The maximum atomic E-state index is 11.8. The smallest absolute Gasteiger partial charge is 0.316 e. The van der Waals surface area contributed by atoms with E-state index >= 15 is 0 Å². The van der Waals surface area contributed by atoms with Crippen molar-refractivity contribution in [1.29, 1.82) is 0 Å². The zero-order valence-electron chi connectivity index (χ0n) is 12.9. The summed E-state index contributed by atoms with van der Waals surface area (Å²) in [5.41, 5.74) is 0. The average molecular weight is 329 g/mol. The van der Waals surface area contributed by atoms with Crippen LogP contribution in [0.5, 0.6) is 0 Å². The monoisotopic (exact) mass is 329 g/mol. The lowest BCUT2D eigenvalue weighted by Gasteiger charge is -2.14. The molecular formula is C18H19NO3S. The summed E-state index contributed by atoms with van der Waals surface area (Å²) in [6.45, 7) is 1.42. The van der Waals surface area contributed by atoms with Gasteiger partial charge in [0.05, 0.1) is 5.75 Å². The van der Waals surface area contributed by atoms with E-state index < -0.39 is 0 Å². The second-order valence-electron chi connectivity index (χ2n) is 5.55. The molecule has 1 aliphatic heterocycles. The third kappa shape index (κ3) is 4.26. The number of rotatable bonds is 5. The molecule has 0 aliphatic carbocycles. The summed E-state index contributed by atoms with van der Waals surface area (Å²) >= 11 is 1.43. The summed E-state index contributed by atoms with van der Waals surface area (Å²) in [6, 6.07) is 14.2. The lowest BCUT2D eigenvalue weighted by atomic mass is 10.1. The number of hydrogen-bond acceptors (Lipinski definition) is 4. The molecule has 5 heteroatoms. The number of benzene rings is 2. The third-order valence-electron chi connectivity index (χ3n) is 3.89. The van der Waals surface area contributed by atoms with Crippen molar-refractivity contribution < 1.29 is 14.3 Å². The molecule has 1 aliphatic rings. The molecule has 4 nitrogen and oxygen atoms in total. The number of hydrogen-bond donors (Lipinski definition) is 0. The number of fused-ring (bicyclic) bond motifs is 1. The van der Waals surface area contributed by atoms with Crippen LogP contribution < -0.4 is 0 Å². The largest absolute Gasteiger partial charge is 0.455 e. The second kappa shape index (κ2) is 7.51. The van der Waals surface area contributed by atoms with Gasteiger partial charge in [0.25, 0.3) is 5.91 Å². The number of ether oxygens (including phenoxy) is 1. The van der Waals surface area contributed by atoms with Crippen LogP contribution in [0.15, 0.2) is 47.4 Å². The quantitative estimate of drug-likeness (QED) is 0.625. The molecule has 120 valence electrons. The fraction of sp³-hybridized carbons (Fsp3) is 0.333. The van der Waals surface area contributed by atoms with Gasteiger partial charge >= 0.3 is 5.97 Å². The Bertz CT molecular complexity index is 710. The molecule has 0 saturated carbocycles. The van der Waals surface area contributed by atoms with Crippen LogP contribution in [0.25, 0.3) is 10.8 Å². The van der Waals surface area contributed by atoms with E-state index in [0.717, 1.165) is 36.2 Å². The van der Waals surface area contributed by atoms with Crippen molar-refractivity contribution in [2.24, 2.45) is 0 Å². The van der Waals surface area contributed by atoms with Gasteiger partial charge in [-0.05, 0) is 35.7 Å². The number of carbonyl (C=O) groups excluding carboxylic acids is 2. The minimum absolute atomic E-state index is 0.0912. The molecule has 3 rings (SSSR count). The Balaban J connectivity index is 1.47. The fourth-order valence-corrected chi connectivity index (χ4v) is 3.38. The Kier molecular flexibility index (Phi) is 5.18. The van der Waals surface area contributed by atoms with E-state index in [9.17, 15) is 9.59 Å². The number of thioether (sulfide) groups is 1. The van der Waals surface area contributed by atoms with E-state index in [1.165, 1.54) is 17.1 Å². The van der Waals surface area contributed by atoms with E-state index in [1.54, 1.807) is 4.90 Å². The summed E-state index contributed by atoms with van der Waals surface area (Å²) in [7, 11) is 0. The Morgan fingerprint density at radius 2 is 1.78 bits per heavy atom. The van der Waals surface area contributed by atoms with Gasteiger partial charge in [-0.25, -0.2) is 0 Å². The summed E-state index contributed by atoms with van der Waals surface area (Å²) in [5, 5.41) is 2.32. The Morgan fingerprint density at radius 3 is 2.57 bits per heavy atom. The van der Waals surface area contributed by atoms with Crippen molar-refractivity contribution in [2.45, 2.75) is 17.7 Å². The van der Waals surface area contributed by atoms with Crippen LogP contribution in [-0.2, 0) is 14.3 Å². The van der Waals surface area contributed by atoms with E-state index in [1.807, 2.05) is 30.3 Å². The van der Waals surface area contributed by atoms with Crippen LogP contribution in [-0.4, -0.2) is 42.2 Å². The highest BCUT2D eigenvalue weighted by Gasteiger charge is 2.19. The summed E-state index contributed by atoms with van der Waals surface area (Å²) < 4.78 is 5.07. The number of carbonyl (C=O) groups is 2. The number of esters is 1. The number of amides is 1. The topological polar surface area (TPSA) is 46.6 Å². The molecule has 0 N–H and O–H groups in total. The minimum Gasteiger partial charge on any atom is -0.455 e. The zero-order valence-corrected chi connectivity index (χ0v) is 13.7. The number of nitrogens with zero attached hydrogens (tertiary/aromatic N) is 1. The lowest BCUT2D eigenvalue weighted by molar-refractivity contribution is -0.149. The molecule has 2 aromatic carbocycles. The van der Waals surface area contributed by atoms with Gasteiger partial charge < -0.3 is 9.64 Å². The molecule has 0 radical (unpaired) electrons. The van der Waals surface area contributed by atoms with Crippen LogP contribution in [0.3, 0.4) is 0 Å². The van der Waals surface area contributed by atoms with Crippen molar-refractivity contribution >= 4 is 34.4 Å². The van der Waals surface area contributed by atoms with E-state index in [0.29, 0.717) is 0 Å². The first-order chi connectivity index (χ1) is 11.2. The first-order valence-electron chi connectivity index (χ1n) is 7.77. The van der Waals surface area contributed by atoms with Crippen LogP contribution in [0, 0.1) is 0 Å². The van der Waals surface area contributed by atoms with E-state index in [4.69, 9.17) is 4.74 Å². The van der Waals surface area contributed by atoms with Gasteiger partial charge in [-0.3, -0.25) is 9.59 Å². The van der Waals surface area contributed by atoms with Gasteiger partial charge in [0, 0.05) is 18.0 Å². The molecule has 0 unspecified atom stereocenters. The molecule has 1 amide bonds. The van der Waals surface area contributed by atoms with Gasteiger partial charge in [0.15, 0.2) is 6.61 Å². The SMILES string of the molecule is O=C(CSc1ccc2ccccc2c1)OCC(=O)N1CCCC1. The Hall–Kier alpha value is -2.01. The van der Waals surface area contributed by atoms with Gasteiger partial charge in [0.1, 0.15) is 0 Å². The van der Waals surface area contributed by atoms with Gasteiger partial charge in [-0.1, -0.05) is 30.3 Å². The number of likely N-dealkylation sites (tertiary alicyclic amines) is 1. The highest BCUT2D eigenvalue weighted by molar-refractivity contribution is 8.00. The predicted octanol–water partition coefficient (Wildman–Crippen LogP) is 3.10. The van der Waals surface area contributed by atoms with Crippen molar-refractivity contribution in [1.82, 2.24) is 4.90 Å². The molecule has 0 bridgehead atoms. The molecule has 2 aromatic rings. The molecule has 0 aromatic heterocycles. The third-order valence-corrected chi connectivity index (χ3v) is 4.86. The minimum atomic E-state index is -0.351. The Morgan fingerprint density at radius 1 is 1.04 bits per heavy atom. The van der Waals surface area contributed by atoms with E-state index in [2.05, 4.69) is 12.1 Å². The normalized spacial score (nSPS) is 14.2. The molecule has 1 fully saturated rings. The first kappa shape index (κ1) is 15.9. The maximum Gasteiger partial charge on any atom is 0.316 e. The standard InChI is InChI=1S/C18H19NO3S/c20-17(19-9-3-4-10-19)12-22-18(21)13-23-16-8-7-14-5-1-2-6-15(14)11-16/h1-2,5-8,11H,3-4,9-10,12-13H2. The van der Waals surface area contributed by atoms with Crippen LogP contribution in [0.2, 0.25) is 0 Å². The zero-order chi connectivity index (χ0) is 16.1. The lowest BCUT2D eigenvalue weighted by Crippen LogP contribution is -2.32. The molecule has 0 atom stereocenters. The van der Waals surface area contributed by atoms with Crippen LogP contribution in [0.1, 0.15) is 12.8 Å². The molecule has 1 saturated heterocycles. The van der Waals surface area contributed by atoms with Gasteiger partial charge in [-0.15, -0.1) is 11.8 Å². The molecule has 1 heterocycles. The molecular weight excluding hydrogens is 310 g/mol. The second-order valence-corrected chi connectivity index (χ2v) is 6.59. The van der Waals surface area contributed by atoms with Gasteiger partial charge in [-0.2, -0.15) is 0 Å². The predicted molar refractivity (Wildman–Crippen MR) is 91.4 cm³/mol. The average Bonchev–Trinajstić information content (AvgIpc) is 3.12. The van der Waals surface area contributed by atoms with Gasteiger partial charge in [0.2, 0.25) is 0 Å². The van der Waals surface area contributed by atoms with E-state index in [-0.39, 0.29) is 24.2 Å². The first-order valence-corrected chi connectivity index (χ1v) is 8.76. The highest BCUT2D eigenvalue weighted by atomic mass is 32.2. The van der Waals surface area contributed by atoms with Crippen molar-refractivity contribution in [3.63, 3.8) is 0 Å². The van der Waals surface area contributed by atoms with Crippen LogP contribution >= 0.6 is 11.8 Å². The highest BCUT2D eigenvalue weighted by Crippen LogP contribution is 2.23. The van der Waals surface area contributed by atoms with Crippen molar-refractivity contribution in [2.75, 3.05) is 25.4 Å².